The van der Waals surface area contributed by atoms with E-state index in [1.807, 2.05) is 23.6 Å². The van der Waals surface area contributed by atoms with Crippen molar-refractivity contribution in [1.29, 1.82) is 0 Å². The number of aliphatic carboxylic acids is 1. The summed E-state index contributed by atoms with van der Waals surface area (Å²) in [4.78, 5) is 25.8. The van der Waals surface area contributed by atoms with Gasteiger partial charge in [0, 0.05) is 26.1 Å². The molecule has 1 heterocycles. The van der Waals surface area contributed by atoms with Gasteiger partial charge in [0.25, 0.3) is 0 Å². The summed E-state index contributed by atoms with van der Waals surface area (Å²) in [6.45, 7) is 8.05. The first-order valence-electron chi connectivity index (χ1n) is 6.11. The predicted octanol–water partition coefficient (Wildman–Crippen LogP) is 0.650. The van der Waals surface area contributed by atoms with Gasteiger partial charge in [-0.25, -0.2) is 0 Å². The van der Waals surface area contributed by atoms with Crippen molar-refractivity contribution in [2.45, 2.75) is 33.2 Å². The number of amides is 1. The first-order chi connectivity index (χ1) is 7.90. The highest BCUT2D eigenvalue weighted by Gasteiger charge is 2.27. The first kappa shape index (κ1) is 14.0. The van der Waals surface area contributed by atoms with E-state index in [-0.39, 0.29) is 18.5 Å². The van der Waals surface area contributed by atoms with Gasteiger partial charge < -0.3 is 10.0 Å². The van der Waals surface area contributed by atoms with Gasteiger partial charge in [0.05, 0.1) is 6.54 Å². The van der Waals surface area contributed by atoms with Crippen molar-refractivity contribution >= 4 is 11.9 Å². The van der Waals surface area contributed by atoms with Crippen molar-refractivity contribution in [3.8, 4) is 0 Å². The summed E-state index contributed by atoms with van der Waals surface area (Å²) in [5, 5.41) is 8.71. The van der Waals surface area contributed by atoms with E-state index >= 15 is 0 Å². The topological polar surface area (TPSA) is 60.9 Å². The molecule has 0 aliphatic carbocycles. The van der Waals surface area contributed by atoms with Gasteiger partial charge in [-0.3, -0.25) is 14.5 Å². The number of carbonyl (C=O) groups excluding carboxylic acids is 1. The lowest BCUT2D eigenvalue weighted by atomic mass is 10.1. The third kappa shape index (κ3) is 4.34. The Morgan fingerprint density at radius 1 is 1.47 bits per heavy atom. The van der Waals surface area contributed by atoms with Gasteiger partial charge in [0.1, 0.15) is 0 Å². The van der Waals surface area contributed by atoms with E-state index < -0.39 is 5.97 Å². The SMILES string of the molecule is CC(=O)N(C[C@H]1CCN(CC(=O)O)C1)C(C)C. The maximum Gasteiger partial charge on any atom is 0.317 e. The van der Waals surface area contributed by atoms with Gasteiger partial charge >= 0.3 is 5.97 Å². The van der Waals surface area contributed by atoms with Gasteiger partial charge in [-0.2, -0.15) is 0 Å². The average Bonchev–Trinajstić information content (AvgIpc) is 2.59. The number of likely N-dealkylation sites (tertiary alicyclic amines) is 1. The number of carboxylic acids is 1. The van der Waals surface area contributed by atoms with E-state index in [4.69, 9.17) is 5.11 Å². The van der Waals surface area contributed by atoms with Gasteiger partial charge in [-0.1, -0.05) is 0 Å². The summed E-state index contributed by atoms with van der Waals surface area (Å²) >= 11 is 0. The molecule has 0 saturated carbocycles. The van der Waals surface area contributed by atoms with Crippen molar-refractivity contribution in [3.05, 3.63) is 0 Å². The van der Waals surface area contributed by atoms with Crippen molar-refractivity contribution in [1.82, 2.24) is 9.80 Å². The maximum absolute atomic E-state index is 11.5. The molecule has 5 heteroatoms. The molecule has 1 amide bonds. The van der Waals surface area contributed by atoms with Crippen LogP contribution in [0, 0.1) is 5.92 Å². The minimum atomic E-state index is -0.780. The molecule has 1 fully saturated rings. The smallest absolute Gasteiger partial charge is 0.317 e. The van der Waals surface area contributed by atoms with Gasteiger partial charge in [0.2, 0.25) is 5.91 Å². The second kappa shape index (κ2) is 6.00. The first-order valence-corrected chi connectivity index (χ1v) is 6.11. The lowest BCUT2D eigenvalue weighted by Crippen LogP contribution is -2.39. The largest absolute Gasteiger partial charge is 0.480 e. The Morgan fingerprint density at radius 3 is 2.59 bits per heavy atom. The van der Waals surface area contributed by atoms with Crippen molar-refractivity contribution < 1.29 is 14.7 Å². The second-order valence-electron chi connectivity index (χ2n) is 5.05. The molecule has 0 aromatic heterocycles. The van der Waals surface area contributed by atoms with Crippen LogP contribution in [0.15, 0.2) is 0 Å². The standard InChI is InChI=1S/C12H22N2O3/c1-9(2)14(10(3)15)7-11-4-5-13(6-11)8-12(16)17/h9,11H,4-8H2,1-3H3,(H,16,17)/t11-/m0/s1. The van der Waals surface area contributed by atoms with Crippen LogP contribution in [0.5, 0.6) is 0 Å². The molecule has 0 radical (unpaired) electrons. The van der Waals surface area contributed by atoms with Crippen LogP contribution >= 0.6 is 0 Å². The van der Waals surface area contributed by atoms with Gasteiger partial charge in [-0.05, 0) is 32.7 Å². The lowest BCUT2D eigenvalue weighted by Gasteiger charge is -2.28. The normalized spacial score (nSPS) is 20.8. The number of hydrogen-bond donors (Lipinski definition) is 1. The molecule has 1 aliphatic heterocycles. The molecule has 5 nitrogen and oxygen atoms in total. The van der Waals surface area contributed by atoms with Crippen LogP contribution in [0.25, 0.3) is 0 Å². The van der Waals surface area contributed by atoms with Crippen LogP contribution in [-0.2, 0) is 9.59 Å². The van der Waals surface area contributed by atoms with E-state index in [0.29, 0.717) is 5.92 Å². The van der Waals surface area contributed by atoms with Crippen LogP contribution in [0.4, 0.5) is 0 Å². The molecule has 0 bridgehead atoms. The third-order valence-corrected chi connectivity index (χ3v) is 3.21. The van der Waals surface area contributed by atoms with E-state index in [9.17, 15) is 9.59 Å². The molecule has 98 valence electrons. The predicted molar refractivity (Wildman–Crippen MR) is 64.7 cm³/mol. The molecular weight excluding hydrogens is 220 g/mol. The molecule has 1 atom stereocenters. The Labute approximate surface area is 102 Å². The third-order valence-electron chi connectivity index (χ3n) is 3.21. The van der Waals surface area contributed by atoms with Crippen molar-refractivity contribution in [3.63, 3.8) is 0 Å². The highest BCUT2D eigenvalue weighted by Crippen LogP contribution is 2.18. The van der Waals surface area contributed by atoms with E-state index in [1.165, 1.54) is 0 Å². The van der Waals surface area contributed by atoms with E-state index in [2.05, 4.69) is 0 Å². The Balaban J connectivity index is 2.43. The van der Waals surface area contributed by atoms with Crippen molar-refractivity contribution in [2.24, 2.45) is 5.92 Å². The summed E-state index contributed by atoms with van der Waals surface area (Å²) in [7, 11) is 0. The average molecular weight is 242 g/mol. The minimum absolute atomic E-state index is 0.0942. The number of hydrogen-bond acceptors (Lipinski definition) is 3. The number of carboxylic acid groups (broad SMARTS) is 1. The zero-order chi connectivity index (χ0) is 13.0. The molecule has 0 aromatic rings. The highest BCUT2D eigenvalue weighted by molar-refractivity contribution is 5.73. The minimum Gasteiger partial charge on any atom is -0.480 e. The molecule has 1 aliphatic rings. The van der Waals surface area contributed by atoms with Gasteiger partial charge in [0.15, 0.2) is 0 Å². The quantitative estimate of drug-likeness (QED) is 0.769. The van der Waals surface area contributed by atoms with Crippen molar-refractivity contribution in [2.75, 3.05) is 26.2 Å². The Hall–Kier alpha value is -1.10. The summed E-state index contributed by atoms with van der Waals surface area (Å²) < 4.78 is 0. The fraction of sp³-hybridized carbons (Fsp3) is 0.833. The van der Waals surface area contributed by atoms with Crippen LogP contribution in [0.2, 0.25) is 0 Å². The zero-order valence-corrected chi connectivity index (χ0v) is 10.8. The monoisotopic (exact) mass is 242 g/mol. The summed E-state index contributed by atoms with van der Waals surface area (Å²) in [6, 6.07) is 0.209. The number of nitrogens with zero attached hydrogens (tertiary/aromatic N) is 2. The summed E-state index contributed by atoms with van der Waals surface area (Å²) in [6.07, 6.45) is 0.976. The maximum atomic E-state index is 11.5. The van der Waals surface area contributed by atoms with Crippen LogP contribution in [-0.4, -0.2) is 59.0 Å². The fourth-order valence-electron chi connectivity index (χ4n) is 2.38. The summed E-state index contributed by atoms with van der Waals surface area (Å²) in [5.41, 5.74) is 0. The van der Waals surface area contributed by atoms with Crippen LogP contribution < -0.4 is 0 Å². The van der Waals surface area contributed by atoms with E-state index in [0.717, 1.165) is 26.1 Å². The van der Waals surface area contributed by atoms with E-state index in [1.54, 1.807) is 6.92 Å². The lowest BCUT2D eigenvalue weighted by molar-refractivity contribution is -0.138. The molecular formula is C12H22N2O3. The molecule has 17 heavy (non-hydrogen) atoms. The summed E-state index contributed by atoms with van der Waals surface area (Å²) in [5.74, 6) is -0.282. The number of carbonyl (C=O) groups is 2. The molecule has 0 aromatic carbocycles. The van der Waals surface area contributed by atoms with Crippen LogP contribution in [0.1, 0.15) is 27.2 Å². The molecule has 1 rings (SSSR count). The van der Waals surface area contributed by atoms with Gasteiger partial charge in [-0.15, -0.1) is 0 Å². The Bertz CT molecular complexity index is 291. The highest BCUT2D eigenvalue weighted by atomic mass is 16.4. The molecule has 1 N–H and O–H groups in total. The fourth-order valence-corrected chi connectivity index (χ4v) is 2.38. The Morgan fingerprint density at radius 2 is 2.12 bits per heavy atom. The number of rotatable bonds is 5. The molecule has 1 saturated heterocycles. The Kier molecular flexibility index (Phi) is 4.93. The molecule has 0 spiro atoms. The second-order valence-corrected chi connectivity index (χ2v) is 5.05. The molecule has 0 unspecified atom stereocenters. The van der Waals surface area contributed by atoms with Crippen LogP contribution in [0.3, 0.4) is 0 Å². The zero-order valence-electron chi connectivity index (χ0n) is 10.8.